The summed E-state index contributed by atoms with van der Waals surface area (Å²) in [5.74, 6) is 1.87. The second kappa shape index (κ2) is 3.37. The van der Waals surface area contributed by atoms with Crippen LogP contribution in [0.1, 0.15) is 39.5 Å². The number of likely N-dealkylation sites (tertiary alicyclic amines) is 1. The summed E-state index contributed by atoms with van der Waals surface area (Å²) in [4.78, 5) is 2.74. The van der Waals surface area contributed by atoms with Gasteiger partial charge in [0.25, 0.3) is 0 Å². The Hall–Kier alpha value is -0.0400. The number of hydrogen-bond donors (Lipinski definition) is 0. The van der Waals surface area contributed by atoms with Gasteiger partial charge in [-0.25, -0.2) is 0 Å². The summed E-state index contributed by atoms with van der Waals surface area (Å²) in [6.07, 6.45) is 5.90. The molecule has 2 atom stereocenters. The van der Waals surface area contributed by atoms with E-state index < -0.39 is 0 Å². The second-order valence-corrected chi connectivity index (χ2v) is 4.85. The predicted octanol–water partition coefficient (Wildman–Crippen LogP) is 2.52. The maximum atomic E-state index is 2.74. The van der Waals surface area contributed by atoms with Gasteiger partial charge in [-0.2, -0.15) is 0 Å². The summed E-state index contributed by atoms with van der Waals surface area (Å²) >= 11 is 0. The molecule has 1 nitrogen and oxygen atoms in total. The van der Waals surface area contributed by atoms with Gasteiger partial charge in [-0.3, -0.25) is 4.90 Å². The van der Waals surface area contributed by atoms with E-state index in [1.54, 1.807) is 0 Å². The zero-order chi connectivity index (χ0) is 8.55. The molecule has 2 aliphatic rings. The zero-order valence-corrected chi connectivity index (χ0v) is 8.42. The minimum Gasteiger partial charge on any atom is -0.300 e. The van der Waals surface area contributed by atoms with Crippen LogP contribution in [0.25, 0.3) is 0 Å². The summed E-state index contributed by atoms with van der Waals surface area (Å²) in [6.45, 7) is 7.54. The van der Waals surface area contributed by atoms with Gasteiger partial charge >= 0.3 is 0 Å². The lowest BCUT2D eigenvalue weighted by atomic mass is 10.0. The average Bonchev–Trinajstić information content (AvgIpc) is 2.61. The predicted molar refractivity (Wildman–Crippen MR) is 52.2 cm³/mol. The first-order valence-electron chi connectivity index (χ1n) is 5.51. The van der Waals surface area contributed by atoms with Crippen LogP contribution in [0.3, 0.4) is 0 Å². The van der Waals surface area contributed by atoms with Crippen molar-refractivity contribution in [1.29, 1.82) is 0 Å². The molecule has 0 bridgehead atoms. The first-order chi connectivity index (χ1) is 5.77. The van der Waals surface area contributed by atoms with Crippen LogP contribution in [0, 0.1) is 11.8 Å². The summed E-state index contributed by atoms with van der Waals surface area (Å²) in [5.41, 5.74) is 0. The molecule has 0 amide bonds. The maximum Gasteiger partial charge on any atom is 0.00954 e. The Labute approximate surface area is 76.1 Å². The van der Waals surface area contributed by atoms with Gasteiger partial charge in [0.05, 0.1) is 0 Å². The van der Waals surface area contributed by atoms with Crippen molar-refractivity contribution in [3.05, 3.63) is 0 Å². The number of nitrogens with zero attached hydrogens (tertiary/aromatic N) is 1. The van der Waals surface area contributed by atoms with Gasteiger partial charge in [0.2, 0.25) is 0 Å². The van der Waals surface area contributed by atoms with E-state index in [9.17, 15) is 0 Å². The molecule has 1 saturated heterocycles. The molecule has 0 aromatic carbocycles. The Balaban J connectivity index is 1.89. The van der Waals surface area contributed by atoms with Gasteiger partial charge in [0, 0.05) is 19.1 Å². The minimum atomic E-state index is 0.936. The van der Waals surface area contributed by atoms with Gasteiger partial charge in [0.1, 0.15) is 0 Å². The van der Waals surface area contributed by atoms with E-state index in [1.807, 2.05) is 0 Å². The third kappa shape index (κ3) is 1.52. The van der Waals surface area contributed by atoms with Gasteiger partial charge in [-0.05, 0) is 24.7 Å². The summed E-state index contributed by atoms with van der Waals surface area (Å²) in [6, 6.07) is 0.956. The van der Waals surface area contributed by atoms with Crippen molar-refractivity contribution in [2.24, 2.45) is 11.8 Å². The molecule has 1 heteroatoms. The second-order valence-electron chi connectivity index (χ2n) is 4.85. The lowest BCUT2D eigenvalue weighted by Gasteiger charge is -2.23. The molecule has 0 N–H and O–H groups in total. The Morgan fingerprint density at radius 2 is 1.42 bits per heavy atom. The van der Waals surface area contributed by atoms with Crippen LogP contribution >= 0.6 is 0 Å². The average molecular weight is 167 g/mol. The summed E-state index contributed by atoms with van der Waals surface area (Å²) < 4.78 is 0. The fourth-order valence-electron chi connectivity index (χ4n) is 2.74. The molecule has 0 aromatic heterocycles. The topological polar surface area (TPSA) is 3.24 Å². The molecule has 1 aliphatic heterocycles. The Morgan fingerprint density at radius 1 is 0.917 bits per heavy atom. The van der Waals surface area contributed by atoms with Crippen molar-refractivity contribution in [3.63, 3.8) is 0 Å². The van der Waals surface area contributed by atoms with Crippen molar-refractivity contribution < 1.29 is 0 Å². The molecular weight excluding hydrogens is 146 g/mol. The van der Waals surface area contributed by atoms with Gasteiger partial charge in [-0.15, -0.1) is 0 Å². The quantitative estimate of drug-likeness (QED) is 0.580. The van der Waals surface area contributed by atoms with Crippen LogP contribution in [0.4, 0.5) is 0 Å². The highest BCUT2D eigenvalue weighted by molar-refractivity contribution is 4.85. The van der Waals surface area contributed by atoms with E-state index in [-0.39, 0.29) is 0 Å². The molecule has 2 unspecified atom stereocenters. The van der Waals surface area contributed by atoms with Crippen molar-refractivity contribution in [2.75, 3.05) is 13.1 Å². The van der Waals surface area contributed by atoms with Crippen molar-refractivity contribution in [2.45, 2.75) is 45.6 Å². The van der Waals surface area contributed by atoms with Crippen LogP contribution in [-0.4, -0.2) is 24.0 Å². The molecule has 1 saturated carbocycles. The van der Waals surface area contributed by atoms with Crippen LogP contribution in [-0.2, 0) is 0 Å². The largest absolute Gasteiger partial charge is 0.300 e. The van der Waals surface area contributed by atoms with Crippen molar-refractivity contribution in [1.82, 2.24) is 4.90 Å². The van der Waals surface area contributed by atoms with Crippen LogP contribution in [0.15, 0.2) is 0 Å². The Bertz CT molecular complexity index is 139. The highest BCUT2D eigenvalue weighted by atomic mass is 15.2. The monoisotopic (exact) mass is 167 g/mol. The third-order valence-electron chi connectivity index (χ3n) is 3.86. The van der Waals surface area contributed by atoms with E-state index in [4.69, 9.17) is 0 Å². The maximum absolute atomic E-state index is 2.74. The van der Waals surface area contributed by atoms with Gasteiger partial charge in [-0.1, -0.05) is 26.7 Å². The molecular formula is C11H21N. The van der Waals surface area contributed by atoms with E-state index in [0.717, 1.165) is 17.9 Å². The van der Waals surface area contributed by atoms with E-state index in [2.05, 4.69) is 18.7 Å². The highest BCUT2D eigenvalue weighted by Crippen LogP contribution is 2.30. The van der Waals surface area contributed by atoms with Gasteiger partial charge in [0.15, 0.2) is 0 Å². The Kier molecular flexibility index (Phi) is 2.40. The Morgan fingerprint density at radius 3 is 1.92 bits per heavy atom. The lowest BCUT2D eigenvalue weighted by molar-refractivity contribution is 0.236. The molecule has 12 heavy (non-hydrogen) atoms. The van der Waals surface area contributed by atoms with E-state index in [1.165, 1.54) is 38.8 Å². The number of rotatable bonds is 1. The summed E-state index contributed by atoms with van der Waals surface area (Å²) in [7, 11) is 0. The fraction of sp³-hybridized carbons (Fsp3) is 1.00. The molecule has 0 radical (unpaired) electrons. The van der Waals surface area contributed by atoms with Crippen molar-refractivity contribution >= 4 is 0 Å². The zero-order valence-electron chi connectivity index (χ0n) is 8.42. The lowest BCUT2D eigenvalue weighted by Crippen LogP contribution is -2.31. The van der Waals surface area contributed by atoms with Crippen LogP contribution in [0.2, 0.25) is 0 Å². The molecule has 0 aromatic rings. The number of hydrogen-bond acceptors (Lipinski definition) is 1. The standard InChI is InChI=1S/C11H21N/c1-9-7-12(8-10(9)2)11-5-3-4-6-11/h9-11H,3-8H2,1-2H3. The molecule has 1 heterocycles. The molecule has 2 fully saturated rings. The molecule has 0 spiro atoms. The fourth-order valence-corrected chi connectivity index (χ4v) is 2.74. The first kappa shape index (κ1) is 8.55. The van der Waals surface area contributed by atoms with E-state index >= 15 is 0 Å². The summed E-state index contributed by atoms with van der Waals surface area (Å²) in [5, 5.41) is 0. The van der Waals surface area contributed by atoms with Crippen LogP contribution in [0.5, 0.6) is 0 Å². The molecule has 2 rings (SSSR count). The SMILES string of the molecule is CC1CN(C2CCCC2)CC1C. The third-order valence-corrected chi connectivity index (χ3v) is 3.86. The van der Waals surface area contributed by atoms with Gasteiger partial charge < -0.3 is 0 Å². The smallest absolute Gasteiger partial charge is 0.00954 e. The highest BCUT2D eigenvalue weighted by Gasteiger charge is 2.31. The normalized spacial score (nSPS) is 39.5. The first-order valence-corrected chi connectivity index (χ1v) is 5.51. The molecule has 1 aliphatic carbocycles. The molecule has 70 valence electrons. The minimum absolute atomic E-state index is 0.936. The van der Waals surface area contributed by atoms with Crippen LogP contribution < -0.4 is 0 Å². The van der Waals surface area contributed by atoms with E-state index in [0.29, 0.717) is 0 Å². The van der Waals surface area contributed by atoms with Crippen molar-refractivity contribution in [3.8, 4) is 0 Å².